The number of ether oxygens (including phenoxy) is 2. The van der Waals surface area contributed by atoms with Crippen LogP contribution in [-0.4, -0.2) is 23.8 Å². The van der Waals surface area contributed by atoms with Gasteiger partial charge in [0.1, 0.15) is 6.61 Å². The highest BCUT2D eigenvalue weighted by atomic mass is 16.5. The molecule has 0 aliphatic rings. The van der Waals surface area contributed by atoms with Crippen molar-refractivity contribution < 1.29 is 9.47 Å². The molecule has 4 nitrogen and oxygen atoms in total. The molecule has 0 aromatic carbocycles. The fourth-order valence-corrected chi connectivity index (χ4v) is 1.09. The molecule has 0 aliphatic heterocycles. The zero-order valence-electron chi connectivity index (χ0n) is 10.4. The van der Waals surface area contributed by atoms with Crippen molar-refractivity contribution in [2.45, 2.75) is 33.3 Å². The second-order valence-electron chi connectivity index (χ2n) is 4.69. The molecule has 1 heterocycles. The molecule has 0 amide bonds. The van der Waals surface area contributed by atoms with Crippen LogP contribution in [0.1, 0.15) is 26.3 Å². The second kappa shape index (κ2) is 5.16. The van der Waals surface area contributed by atoms with Gasteiger partial charge in [0.2, 0.25) is 5.88 Å². The van der Waals surface area contributed by atoms with Crippen molar-refractivity contribution in [3.05, 3.63) is 17.8 Å². The van der Waals surface area contributed by atoms with Gasteiger partial charge in [-0.2, -0.15) is 0 Å². The van der Waals surface area contributed by atoms with E-state index in [1.165, 1.54) is 0 Å². The maximum atomic E-state index is 5.74. The van der Waals surface area contributed by atoms with Gasteiger partial charge in [-0.25, -0.2) is 4.98 Å². The van der Waals surface area contributed by atoms with Crippen LogP contribution in [0.2, 0.25) is 0 Å². The number of aromatic nitrogens is 1. The zero-order valence-corrected chi connectivity index (χ0v) is 10.4. The van der Waals surface area contributed by atoms with E-state index >= 15 is 0 Å². The number of nitrogen functional groups attached to an aromatic ring is 1. The standard InChI is InChI=1S/C12H20N2O2/c1-9-8-14-11(7-10(9)13)15-5-6-16-12(2,3)4/h7-8H,5-6H2,1-4H3,(H2,13,14). The van der Waals surface area contributed by atoms with Crippen LogP contribution in [0, 0.1) is 6.92 Å². The number of hydrogen-bond acceptors (Lipinski definition) is 4. The Hall–Kier alpha value is -1.29. The Bertz CT molecular complexity index is 345. The molecule has 0 saturated carbocycles. The molecule has 0 atom stereocenters. The first-order valence-corrected chi connectivity index (χ1v) is 5.37. The third kappa shape index (κ3) is 4.49. The van der Waals surface area contributed by atoms with E-state index in [1.807, 2.05) is 27.7 Å². The minimum absolute atomic E-state index is 0.136. The molecule has 2 N–H and O–H groups in total. The number of anilines is 1. The number of rotatable bonds is 4. The maximum Gasteiger partial charge on any atom is 0.215 e. The third-order valence-electron chi connectivity index (χ3n) is 1.99. The van der Waals surface area contributed by atoms with Gasteiger partial charge in [0.25, 0.3) is 0 Å². The summed E-state index contributed by atoms with van der Waals surface area (Å²) >= 11 is 0. The number of nitrogens with zero attached hydrogens (tertiary/aromatic N) is 1. The molecule has 0 fully saturated rings. The summed E-state index contributed by atoms with van der Waals surface area (Å²) in [7, 11) is 0. The highest BCUT2D eigenvalue weighted by Gasteiger charge is 2.09. The van der Waals surface area contributed by atoms with Crippen LogP contribution in [0.25, 0.3) is 0 Å². The summed E-state index contributed by atoms with van der Waals surface area (Å²) in [5, 5.41) is 0. The lowest BCUT2D eigenvalue weighted by molar-refractivity contribution is -0.0168. The van der Waals surface area contributed by atoms with Crippen molar-refractivity contribution in [3.63, 3.8) is 0 Å². The molecule has 0 radical (unpaired) electrons. The average molecular weight is 224 g/mol. The molecule has 1 aromatic heterocycles. The van der Waals surface area contributed by atoms with E-state index in [1.54, 1.807) is 12.3 Å². The topological polar surface area (TPSA) is 57.4 Å². The molecule has 0 aliphatic carbocycles. The predicted molar refractivity (Wildman–Crippen MR) is 64.6 cm³/mol. The van der Waals surface area contributed by atoms with Crippen LogP contribution in [-0.2, 0) is 4.74 Å². The lowest BCUT2D eigenvalue weighted by Crippen LogP contribution is -2.22. The number of nitrogens with two attached hydrogens (primary N) is 1. The third-order valence-corrected chi connectivity index (χ3v) is 1.99. The second-order valence-corrected chi connectivity index (χ2v) is 4.69. The quantitative estimate of drug-likeness (QED) is 0.796. The summed E-state index contributed by atoms with van der Waals surface area (Å²) < 4.78 is 10.9. The van der Waals surface area contributed by atoms with Gasteiger partial charge in [-0.3, -0.25) is 0 Å². The first-order valence-electron chi connectivity index (χ1n) is 5.37. The Balaban J connectivity index is 2.35. The molecule has 90 valence electrons. The van der Waals surface area contributed by atoms with Gasteiger partial charge in [0, 0.05) is 18.0 Å². The van der Waals surface area contributed by atoms with E-state index in [9.17, 15) is 0 Å². The molecular weight excluding hydrogens is 204 g/mol. The molecule has 0 spiro atoms. The largest absolute Gasteiger partial charge is 0.475 e. The number of pyridine rings is 1. The minimum atomic E-state index is -0.136. The smallest absolute Gasteiger partial charge is 0.215 e. The Labute approximate surface area is 96.8 Å². The lowest BCUT2D eigenvalue weighted by Gasteiger charge is -2.19. The summed E-state index contributed by atoms with van der Waals surface area (Å²) in [4.78, 5) is 4.12. The predicted octanol–water partition coefficient (Wildman–Crippen LogP) is 2.17. The van der Waals surface area contributed by atoms with Crippen LogP contribution in [0.3, 0.4) is 0 Å². The first kappa shape index (κ1) is 12.8. The highest BCUT2D eigenvalue weighted by Crippen LogP contribution is 2.15. The van der Waals surface area contributed by atoms with Crippen LogP contribution in [0.5, 0.6) is 5.88 Å². The Morgan fingerprint density at radius 3 is 2.56 bits per heavy atom. The fraction of sp³-hybridized carbons (Fsp3) is 0.583. The van der Waals surface area contributed by atoms with Gasteiger partial charge in [-0.1, -0.05) is 0 Å². The molecular formula is C12H20N2O2. The van der Waals surface area contributed by atoms with E-state index in [-0.39, 0.29) is 5.60 Å². The average Bonchev–Trinajstić information content (AvgIpc) is 2.17. The van der Waals surface area contributed by atoms with E-state index in [4.69, 9.17) is 15.2 Å². The van der Waals surface area contributed by atoms with Crippen molar-refractivity contribution in [1.29, 1.82) is 0 Å². The summed E-state index contributed by atoms with van der Waals surface area (Å²) in [6.45, 7) is 8.96. The van der Waals surface area contributed by atoms with Crippen LogP contribution < -0.4 is 10.5 Å². The van der Waals surface area contributed by atoms with Gasteiger partial charge in [-0.05, 0) is 33.3 Å². The lowest BCUT2D eigenvalue weighted by atomic mass is 10.2. The summed E-state index contributed by atoms with van der Waals surface area (Å²) in [5.74, 6) is 0.542. The van der Waals surface area contributed by atoms with Crippen molar-refractivity contribution in [1.82, 2.24) is 4.98 Å². The zero-order chi connectivity index (χ0) is 12.2. The molecule has 0 bridgehead atoms. The van der Waals surface area contributed by atoms with E-state index in [0.29, 0.717) is 24.8 Å². The van der Waals surface area contributed by atoms with E-state index < -0.39 is 0 Å². The van der Waals surface area contributed by atoms with Crippen molar-refractivity contribution >= 4 is 5.69 Å². The molecule has 0 saturated heterocycles. The van der Waals surface area contributed by atoms with Gasteiger partial charge >= 0.3 is 0 Å². The summed E-state index contributed by atoms with van der Waals surface area (Å²) in [6, 6.07) is 1.73. The highest BCUT2D eigenvalue weighted by molar-refractivity contribution is 5.47. The van der Waals surface area contributed by atoms with Crippen molar-refractivity contribution in [3.8, 4) is 5.88 Å². The normalized spacial score (nSPS) is 11.5. The molecule has 1 rings (SSSR count). The molecule has 0 unspecified atom stereocenters. The SMILES string of the molecule is Cc1cnc(OCCOC(C)(C)C)cc1N. The molecule has 4 heteroatoms. The minimum Gasteiger partial charge on any atom is -0.475 e. The number of hydrogen-bond donors (Lipinski definition) is 1. The van der Waals surface area contributed by atoms with Crippen LogP contribution in [0.15, 0.2) is 12.3 Å². The maximum absolute atomic E-state index is 5.74. The monoisotopic (exact) mass is 224 g/mol. The van der Waals surface area contributed by atoms with Crippen molar-refractivity contribution in [2.75, 3.05) is 18.9 Å². The van der Waals surface area contributed by atoms with E-state index in [0.717, 1.165) is 5.56 Å². The summed E-state index contributed by atoms with van der Waals surface area (Å²) in [5.41, 5.74) is 7.26. The first-order chi connectivity index (χ1) is 7.38. The fourth-order valence-electron chi connectivity index (χ4n) is 1.09. The number of aryl methyl sites for hydroxylation is 1. The van der Waals surface area contributed by atoms with Gasteiger partial charge in [0.15, 0.2) is 0 Å². The van der Waals surface area contributed by atoms with Crippen LogP contribution >= 0.6 is 0 Å². The Morgan fingerprint density at radius 2 is 2.00 bits per heavy atom. The van der Waals surface area contributed by atoms with Crippen molar-refractivity contribution in [2.24, 2.45) is 0 Å². The van der Waals surface area contributed by atoms with Crippen LogP contribution in [0.4, 0.5) is 5.69 Å². The van der Waals surface area contributed by atoms with Gasteiger partial charge < -0.3 is 15.2 Å². The molecule has 16 heavy (non-hydrogen) atoms. The Morgan fingerprint density at radius 1 is 1.31 bits per heavy atom. The Kier molecular flexibility index (Phi) is 4.12. The van der Waals surface area contributed by atoms with Gasteiger partial charge in [-0.15, -0.1) is 0 Å². The summed E-state index contributed by atoms with van der Waals surface area (Å²) in [6.07, 6.45) is 1.70. The van der Waals surface area contributed by atoms with E-state index in [2.05, 4.69) is 4.98 Å². The van der Waals surface area contributed by atoms with Gasteiger partial charge in [0.05, 0.1) is 12.2 Å². The molecule has 1 aromatic rings.